The van der Waals surface area contributed by atoms with E-state index in [9.17, 15) is 9.59 Å². The Kier molecular flexibility index (Phi) is 4.66. The maximum absolute atomic E-state index is 12.0. The van der Waals surface area contributed by atoms with E-state index < -0.39 is 17.9 Å². The Morgan fingerprint density at radius 1 is 1.50 bits per heavy atom. The number of aromatic nitrogens is 1. The molecule has 0 bridgehead atoms. The Labute approximate surface area is 113 Å². The monoisotopic (exact) mass is 315 g/mol. The summed E-state index contributed by atoms with van der Waals surface area (Å²) in [4.78, 5) is 28.5. The van der Waals surface area contributed by atoms with Crippen LogP contribution >= 0.6 is 15.9 Å². The highest BCUT2D eigenvalue weighted by Crippen LogP contribution is 2.20. The Hall–Kier alpha value is -1.63. The summed E-state index contributed by atoms with van der Waals surface area (Å²) in [6.45, 7) is 1.40. The van der Waals surface area contributed by atoms with Crippen LogP contribution in [0.2, 0.25) is 0 Å². The highest BCUT2D eigenvalue weighted by atomic mass is 79.9. The van der Waals surface area contributed by atoms with E-state index in [0.29, 0.717) is 15.9 Å². The second kappa shape index (κ2) is 5.81. The average Bonchev–Trinajstić information content (AvgIpc) is 2.28. The molecule has 2 N–H and O–H groups in total. The number of nitrogens with one attached hydrogen (secondary N) is 1. The third-order valence-electron chi connectivity index (χ3n) is 2.22. The van der Waals surface area contributed by atoms with Crippen LogP contribution in [0.1, 0.15) is 17.3 Å². The minimum Gasteiger partial charge on any atom is -0.480 e. The first kappa shape index (κ1) is 14.4. The maximum atomic E-state index is 12.0. The third-order valence-corrected chi connectivity index (χ3v) is 2.65. The van der Waals surface area contributed by atoms with E-state index in [4.69, 9.17) is 5.11 Å². The molecule has 18 heavy (non-hydrogen) atoms. The summed E-state index contributed by atoms with van der Waals surface area (Å²) >= 11 is 3.23. The molecule has 0 aliphatic rings. The highest BCUT2D eigenvalue weighted by Gasteiger charge is 2.19. The van der Waals surface area contributed by atoms with E-state index in [1.807, 2.05) is 0 Å². The summed E-state index contributed by atoms with van der Waals surface area (Å²) < 4.78 is 0.654. The number of halogens is 1. The Morgan fingerprint density at radius 2 is 2.11 bits per heavy atom. The van der Waals surface area contributed by atoms with E-state index in [1.54, 1.807) is 31.3 Å². The van der Waals surface area contributed by atoms with E-state index in [0.717, 1.165) is 0 Å². The first-order valence-corrected chi connectivity index (χ1v) is 5.98. The van der Waals surface area contributed by atoms with Crippen LogP contribution in [0.3, 0.4) is 0 Å². The molecule has 7 heteroatoms. The zero-order chi connectivity index (χ0) is 13.9. The number of aliphatic carboxylic acids is 1. The predicted molar refractivity (Wildman–Crippen MR) is 70.8 cm³/mol. The van der Waals surface area contributed by atoms with Gasteiger partial charge in [0.15, 0.2) is 0 Å². The summed E-state index contributed by atoms with van der Waals surface area (Å²) in [6, 6.07) is 0.651. The van der Waals surface area contributed by atoms with Crippen LogP contribution in [0.5, 0.6) is 0 Å². The largest absolute Gasteiger partial charge is 0.480 e. The molecule has 1 atom stereocenters. The maximum Gasteiger partial charge on any atom is 0.325 e. The molecule has 1 aromatic rings. The number of nitrogens with zero attached hydrogens (tertiary/aromatic N) is 2. The van der Waals surface area contributed by atoms with E-state index >= 15 is 0 Å². The third kappa shape index (κ3) is 3.43. The number of carbonyl (C=O) groups excluding carboxylic acids is 1. The summed E-state index contributed by atoms with van der Waals surface area (Å²) in [5.74, 6) is -1.08. The topological polar surface area (TPSA) is 82.5 Å². The van der Waals surface area contributed by atoms with Gasteiger partial charge in [0.05, 0.1) is 5.56 Å². The van der Waals surface area contributed by atoms with Crippen LogP contribution in [0, 0.1) is 0 Å². The van der Waals surface area contributed by atoms with Gasteiger partial charge in [0.1, 0.15) is 11.9 Å². The van der Waals surface area contributed by atoms with Crippen molar-refractivity contribution < 1.29 is 14.7 Å². The molecule has 0 aliphatic carbocycles. The van der Waals surface area contributed by atoms with Crippen molar-refractivity contribution in [2.24, 2.45) is 0 Å². The summed E-state index contributed by atoms with van der Waals surface area (Å²) in [5, 5.41) is 11.2. The van der Waals surface area contributed by atoms with Crippen LogP contribution < -0.4 is 10.2 Å². The number of pyridine rings is 1. The van der Waals surface area contributed by atoms with Gasteiger partial charge in [-0.3, -0.25) is 9.59 Å². The lowest BCUT2D eigenvalue weighted by molar-refractivity contribution is -0.138. The van der Waals surface area contributed by atoms with Crippen LogP contribution in [-0.4, -0.2) is 42.1 Å². The van der Waals surface area contributed by atoms with Crippen molar-refractivity contribution in [1.29, 1.82) is 0 Å². The highest BCUT2D eigenvalue weighted by molar-refractivity contribution is 9.10. The fourth-order valence-electron chi connectivity index (χ4n) is 1.29. The minimum absolute atomic E-state index is 0.322. The number of hydrogen-bond acceptors (Lipinski definition) is 4. The minimum atomic E-state index is -1.09. The van der Waals surface area contributed by atoms with E-state index in [1.165, 1.54) is 6.92 Å². The van der Waals surface area contributed by atoms with Gasteiger partial charge in [-0.25, -0.2) is 4.98 Å². The zero-order valence-corrected chi connectivity index (χ0v) is 11.9. The average molecular weight is 316 g/mol. The number of amides is 1. The smallest absolute Gasteiger partial charge is 0.325 e. The molecular weight excluding hydrogens is 302 g/mol. The predicted octanol–water partition coefficient (Wildman–Crippen LogP) is 1.11. The van der Waals surface area contributed by atoms with Gasteiger partial charge >= 0.3 is 5.97 Å². The van der Waals surface area contributed by atoms with Crippen molar-refractivity contribution >= 4 is 33.6 Å². The summed E-state index contributed by atoms with van der Waals surface area (Å²) in [6.07, 6.45) is 1.58. The van der Waals surface area contributed by atoms with Crippen molar-refractivity contribution in [2.75, 3.05) is 19.0 Å². The van der Waals surface area contributed by atoms with Gasteiger partial charge in [0.25, 0.3) is 5.91 Å². The fourth-order valence-corrected chi connectivity index (χ4v) is 1.62. The number of carboxylic acid groups (broad SMARTS) is 1. The van der Waals surface area contributed by atoms with Gasteiger partial charge in [-0.2, -0.15) is 0 Å². The van der Waals surface area contributed by atoms with Gasteiger partial charge in [-0.05, 0) is 28.9 Å². The molecule has 1 amide bonds. The molecule has 0 aromatic carbocycles. The molecule has 98 valence electrons. The molecule has 1 heterocycles. The van der Waals surface area contributed by atoms with Gasteiger partial charge in [0.2, 0.25) is 0 Å². The molecule has 0 saturated heterocycles. The molecule has 6 nitrogen and oxygen atoms in total. The molecule has 1 rings (SSSR count). The Bertz CT molecular complexity index is 477. The zero-order valence-electron chi connectivity index (χ0n) is 10.3. The van der Waals surface area contributed by atoms with Crippen molar-refractivity contribution in [3.63, 3.8) is 0 Å². The molecule has 0 fully saturated rings. The van der Waals surface area contributed by atoms with Crippen LogP contribution in [0.25, 0.3) is 0 Å². The van der Waals surface area contributed by atoms with Crippen molar-refractivity contribution in [1.82, 2.24) is 10.3 Å². The molecule has 0 spiro atoms. The number of carboxylic acids is 1. The van der Waals surface area contributed by atoms with Gasteiger partial charge < -0.3 is 15.3 Å². The normalized spacial score (nSPS) is 11.8. The van der Waals surface area contributed by atoms with Gasteiger partial charge in [0, 0.05) is 24.8 Å². The van der Waals surface area contributed by atoms with E-state index in [-0.39, 0.29) is 0 Å². The van der Waals surface area contributed by atoms with Crippen molar-refractivity contribution in [2.45, 2.75) is 13.0 Å². The summed E-state index contributed by atoms with van der Waals surface area (Å²) in [5.41, 5.74) is 0.322. The van der Waals surface area contributed by atoms with E-state index in [2.05, 4.69) is 26.2 Å². The quantitative estimate of drug-likeness (QED) is 0.869. The van der Waals surface area contributed by atoms with Crippen LogP contribution in [-0.2, 0) is 4.79 Å². The lowest BCUT2D eigenvalue weighted by Gasteiger charge is -2.17. The number of carbonyl (C=O) groups is 2. The lowest BCUT2D eigenvalue weighted by atomic mass is 10.2. The molecule has 0 saturated carbocycles. The van der Waals surface area contributed by atoms with Crippen LogP contribution in [0.15, 0.2) is 16.7 Å². The van der Waals surface area contributed by atoms with Crippen molar-refractivity contribution in [3.05, 3.63) is 22.3 Å². The number of anilines is 1. The second-order valence-electron chi connectivity index (χ2n) is 3.95. The lowest BCUT2D eigenvalue weighted by Crippen LogP contribution is -2.39. The van der Waals surface area contributed by atoms with Crippen molar-refractivity contribution in [3.8, 4) is 0 Å². The fraction of sp³-hybridized carbons (Fsp3) is 0.364. The van der Waals surface area contributed by atoms with Gasteiger partial charge in [-0.15, -0.1) is 0 Å². The summed E-state index contributed by atoms with van der Waals surface area (Å²) in [7, 11) is 3.52. The standard InChI is InChI=1S/C11H14BrN3O3/c1-6(11(17)18)14-10(16)8-4-7(12)5-13-9(8)15(2)3/h4-6H,1-3H3,(H,14,16)(H,17,18)/t6-/m0/s1. The molecular formula is C11H14BrN3O3. The SMILES string of the molecule is C[C@H](NC(=O)c1cc(Br)cnc1N(C)C)C(=O)O. The Balaban J connectivity index is 3.04. The van der Waals surface area contributed by atoms with Gasteiger partial charge in [-0.1, -0.05) is 0 Å². The molecule has 0 aliphatic heterocycles. The molecule has 0 radical (unpaired) electrons. The molecule has 0 unspecified atom stereocenters. The number of hydrogen-bond donors (Lipinski definition) is 2. The Morgan fingerprint density at radius 3 is 2.61 bits per heavy atom. The molecule has 1 aromatic heterocycles. The van der Waals surface area contributed by atoms with Crippen LogP contribution in [0.4, 0.5) is 5.82 Å². The number of rotatable bonds is 4. The first-order valence-electron chi connectivity index (χ1n) is 5.19. The second-order valence-corrected chi connectivity index (χ2v) is 4.87. The first-order chi connectivity index (χ1) is 8.32.